The average molecular weight is 454 g/mol. The summed E-state index contributed by atoms with van der Waals surface area (Å²) in [5, 5.41) is 0.560. The van der Waals surface area contributed by atoms with E-state index >= 15 is 0 Å². The minimum atomic E-state index is -0.407. The lowest BCUT2D eigenvalue weighted by Gasteiger charge is -2.31. The molecule has 0 saturated heterocycles. The third-order valence-corrected chi connectivity index (χ3v) is 6.35. The predicted octanol–water partition coefficient (Wildman–Crippen LogP) is 5.87. The van der Waals surface area contributed by atoms with E-state index in [1.165, 1.54) is 5.56 Å². The summed E-state index contributed by atoms with van der Waals surface area (Å²) >= 11 is 0. The van der Waals surface area contributed by atoms with Crippen molar-refractivity contribution >= 4 is 16.8 Å². The van der Waals surface area contributed by atoms with Crippen LogP contribution in [0.1, 0.15) is 60.5 Å². The van der Waals surface area contributed by atoms with Crippen LogP contribution in [0.5, 0.6) is 0 Å². The number of rotatable bonds is 7. The number of benzene rings is 3. The highest BCUT2D eigenvalue weighted by Gasteiger charge is 2.27. The number of fused-ring (bicyclic) bond motifs is 1. The van der Waals surface area contributed by atoms with Gasteiger partial charge in [-0.2, -0.15) is 0 Å². The molecular formula is C29H31N3O2. The Morgan fingerprint density at radius 1 is 0.971 bits per heavy atom. The molecule has 34 heavy (non-hydrogen) atoms. The van der Waals surface area contributed by atoms with Crippen LogP contribution in [0.3, 0.4) is 0 Å². The first-order valence-corrected chi connectivity index (χ1v) is 11.9. The molecule has 0 aliphatic carbocycles. The lowest BCUT2D eigenvalue weighted by Crippen LogP contribution is -2.38. The molecule has 0 bridgehead atoms. The first-order valence-electron chi connectivity index (χ1n) is 11.9. The monoisotopic (exact) mass is 453 g/mol. The summed E-state index contributed by atoms with van der Waals surface area (Å²) in [5.74, 6) is 0.506. The predicted molar refractivity (Wildman–Crippen MR) is 138 cm³/mol. The van der Waals surface area contributed by atoms with Gasteiger partial charge in [-0.15, -0.1) is 0 Å². The van der Waals surface area contributed by atoms with E-state index in [1.807, 2.05) is 85.5 Å². The first kappa shape index (κ1) is 23.4. The average Bonchev–Trinajstić information content (AvgIpc) is 2.87. The largest absolute Gasteiger partial charge is 0.329 e. The highest BCUT2D eigenvalue weighted by Crippen LogP contribution is 2.25. The third kappa shape index (κ3) is 4.38. The van der Waals surface area contributed by atoms with E-state index in [4.69, 9.17) is 4.98 Å². The van der Waals surface area contributed by atoms with Crippen molar-refractivity contribution < 1.29 is 4.79 Å². The number of nitrogens with zero attached hydrogens (tertiary/aromatic N) is 3. The van der Waals surface area contributed by atoms with E-state index in [0.717, 1.165) is 24.1 Å². The van der Waals surface area contributed by atoms with E-state index in [2.05, 4.69) is 13.8 Å². The normalized spacial score (nSPS) is 12.0. The molecule has 1 aromatic heterocycles. The lowest BCUT2D eigenvalue weighted by molar-refractivity contribution is 0.0680. The molecule has 1 heterocycles. The number of carbonyl (C=O) groups is 1. The second-order valence-electron chi connectivity index (χ2n) is 8.64. The second kappa shape index (κ2) is 10.0. The zero-order valence-corrected chi connectivity index (χ0v) is 20.3. The number of aromatic nitrogens is 2. The highest BCUT2D eigenvalue weighted by atomic mass is 16.2. The summed E-state index contributed by atoms with van der Waals surface area (Å²) in [6, 6.07) is 22.6. The van der Waals surface area contributed by atoms with Crippen molar-refractivity contribution in [2.24, 2.45) is 0 Å². The van der Waals surface area contributed by atoms with Crippen molar-refractivity contribution in [1.82, 2.24) is 14.5 Å². The Hall–Kier alpha value is -3.73. The van der Waals surface area contributed by atoms with Gasteiger partial charge in [0.05, 0.1) is 22.6 Å². The molecule has 1 amide bonds. The number of amides is 1. The minimum absolute atomic E-state index is 0.0530. The van der Waals surface area contributed by atoms with Crippen molar-refractivity contribution in [3.05, 3.63) is 106 Å². The molecule has 0 spiro atoms. The van der Waals surface area contributed by atoms with Crippen molar-refractivity contribution in [1.29, 1.82) is 0 Å². The van der Waals surface area contributed by atoms with Gasteiger partial charge >= 0.3 is 0 Å². The van der Waals surface area contributed by atoms with Crippen LogP contribution in [-0.2, 0) is 6.42 Å². The molecule has 0 radical (unpaired) electrons. The summed E-state index contributed by atoms with van der Waals surface area (Å²) in [6.07, 6.45) is 1.72. The van der Waals surface area contributed by atoms with Gasteiger partial charge in [-0.05, 0) is 68.1 Å². The third-order valence-electron chi connectivity index (χ3n) is 6.35. The fourth-order valence-electron chi connectivity index (χ4n) is 4.38. The standard InChI is InChI=1S/C29H31N3O2/c1-5-19-31(28(33)24-12-8-7-11-20(24)3)21(4)27-30-26-14-10-9-13-25(26)29(34)32(27)23-17-15-22(6-2)16-18-23/h7-18,21H,5-6,19H2,1-4H3. The number of hydrogen-bond donors (Lipinski definition) is 0. The Morgan fingerprint density at radius 2 is 1.65 bits per heavy atom. The molecule has 5 heteroatoms. The van der Waals surface area contributed by atoms with Gasteiger partial charge in [-0.1, -0.05) is 56.3 Å². The maximum Gasteiger partial charge on any atom is 0.266 e. The summed E-state index contributed by atoms with van der Waals surface area (Å²) in [5.41, 5.74) is 4.06. The molecule has 0 aliphatic rings. The maximum absolute atomic E-state index is 13.7. The van der Waals surface area contributed by atoms with Crippen LogP contribution in [0.25, 0.3) is 16.6 Å². The molecule has 3 aromatic carbocycles. The Kier molecular flexibility index (Phi) is 6.92. The zero-order chi connectivity index (χ0) is 24.2. The van der Waals surface area contributed by atoms with Crippen LogP contribution in [-0.4, -0.2) is 26.9 Å². The first-order chi connectivity index (χ1) is 16.5. The summed E-state index contributed by atoms with van der Waals surface area (Å²) in [4.78, 5) is 34.1. The number of para-hydroxylation sites is 1. The lowest BCUT2D eigenvalue weighted by atomic mass is 10.1. The van der Waals surface area contributed by atoms with Gasteiger partial charge in [0.15, 0.2) is 0 Å². The van der Waals surface area contributed by atoms with Gasteiger partial charge in [-0.3, -0.25) is 14.2 Å². The number of aryl methyl sites for hydroxylation is 2. The van der Waals surface area contributed by atoms with E-state index in [1.54, 1.807) is 10.6 Å². The molecule has 0 aliphatic heterocycles. The van der Waals surface area contributed by atoms with Crippen LogP contribution >= 0.6 is 0 Å². The van der Waals surface area contributed by atoms with Crippen molar-refractivity contribution in [2.45, 2.75) is 46.6 Å². The molecule has 0 fully saturated rings. The van der Waals surface area contributed by atoms with Crippen molar-refractivity contribution in [3.8, 4) is 5.69 Å². The van der Waals surface area contributed by atoms with Crippen LogP contribution in [0.15, 0.2) is 77.6 Å². The van der Waals surface area contributed by atoms with Crippen LogP contribution in [0.2, 0.25) is 0 Å². The minimum Gasteiger partial charge on any atom is -0.329 e. The van der Waals surface area contributed by atoms with Crippen molar-refractivity contribution in [3.63, 3.8) is 0 Å². The van der Waals surface area contributed by atoms with Gasteiger partial charge in [0.1, 0.15) is 5.82 Å². The Bertz CT molecular complexity index is 1370. The Morgan fingerprint density at radius 3 is 2.32 bits per heavy atom. The molecule has 4 rings (SSSR count). The molecule has 1 unspecified atom stereocenters. The number of carbonyl (C=O) groups excluding carboxylic acids is 1. The maximum atomic E-state index is 13.7. The molecule has 4 aromatic rings. The quantitative estimate of drug-likeness (QED) is 0.352. The summed E-state index contributed by atoms with van der Waals surface area (Å²) in [7, 11) is 0. The fraction of sp³-hybridized carbons (Fsp3) is 0.276. The van der Waals surface area contributed by atoms with E-state index < -0.39 is 6.04 Å². The summed E-state index contributed by atoms with van der Waals surface area (Å²) in [6.45, 7) is 8.62. The van der Waals surface area contributed by atoms with Crippen molar-refractivity contribution in [2.75, 3.05) is 6.54 Å². The highest BCUT2D eigenvalue weighted by molar-refractivity contribution is 5.95. The molecule has 1 atom stereocenters. The molecular weight excluding hydrogens is 422 g/mol. The summed E-state index contributed by atoms with van der Waals surface area (Å²) < 4.78 is 1.67. The van der Waals surface area contributed by atoms with E-state index in [0.29, 0.717) is 28.8 Å². The van der Waals surface area contributed by atoms with Gasteiger partial charge in [-0.25, -0.2) is 4.98 Å². The van der Waals surface area contributed by atoms with Gasteiger partial charge < -0.3 is 4.90 Å². The smallest absolute Gasteiger partial charge is 0.266 e. The Labute approximate surface area is 200 Å². The second-order valence-corrected chi connectivity index (χ2v) is 8.64. The van der Waals surface area contributed by atoms with E-state index in [-0.39, 0.29) is 11.5 Å². The van der Waals surface area contributed by atoms with Crippen LogP contribution in [0, 0.1) is 6.92 Å². The number of hydrogen-bond acceptors (Lipinski definition) is 3. The van der Waals surface area contributed by atoms with E-state index in [9.17, 15) is 9.59 Å². The Balaban J connectivity index is 1.91. The molecule has 0 saturated carbocycles. The van der Waals surface area contributed by atoms with Gasteiger partial charge in [0, 0.05) is 12.1 Å². The molecule has 174 valence electrons. The zero-order valence-electron chi connectivity index (χ0n) is 20.3. The topological polar surface area (TPSA) is 55.2 Å². The van der Waals surface area contributed by atoms with Crippen LogP contribution in [0.4, 0.5) is 0 Å². The van der Waals surface area contributed by atoms with Gasteiger partial charge in [0.2, 0.25) is 0 Å². The van der Waals surface area contributed by atoms with Crippen LogP contribution < -0.4 is 5.56 Å². The molecule has 5 nitrogen and oxygen atoms in total. The fourth-order valence-corrected chi connectivity index (χ4v) is 4.38. The van der Waals surface area contributed by atoms with Gasteiger partial charge in [0.25, 0.3) is 11.5 Å². The molecule has 0 N–H and O–H groups in total. The SMILES string of the molecule is CCCN(C(=O)c1ccccc1C)C(C)c1nc2ccccc2c(=O)n1-c1ccc(CC)cc1.